The molecule has 0 unspecified atom stereocenters. The molecule has 0 atom stereocenters. The van der Waals surface area contributed by atoms with Gasteiger partial charge in [0, 0.05) is 5.56 Å². The van der Waals surface area contributed by atoms with Crippen molar-refractivity contribution in [1.29, 1.82) is 0 Å². The summed E-state index contributed by atoms with van der Waals surface area (Å²) in [6.45, 7) is 8.31. The van der Waals surface area contributed by atoms with Crippen molar-refractivity contribution in [2.45, 2.75) is 33.1 Å². The minimum atomic E-state index is -0.271. The number of aromatic hydroxyl groups is 2. The first-order valence-electron chi connectivity index (χ1n) is 5.06. The molecular weight excluding hydrogens is 192 g/mol. The maximum Gasteiger partial charge on any atom is 0.164 e. The highest BCUT2D eigenvalue weighted by atomic mass is 16.5. The molecule has 0 aliphatic carbocycles. The number of hydrogen-bond donors (Lipinski definition) is 2. The van der Waals surface area contributed by atoms with Gasteiger partial charge in [-0.3, -0.25) is 0 Å². The van der Waals surface area contributed by atoms with Gasteiger partial charge < -0.3 is 14.9 Å². The van der Waals surface area contributed by atoms with E-state index in [0.717, 1.165) is 0 Å². The van der Waals surface area contributed by atoms with E-state index in [9.17, 15) is 10.2 Å². The summed E-state index contributed by atoms with van der Waals surface area (Å²) in [7, 11) is 0. The van der Waals surface area contributed by atoms with Crippen molar-refractivity contribution < 1.29 is 14.9 Å². The summed E-state index contributed by atoms with van der Waals surface area (Å²) in [4.78, 5) is 0. The SMILES string of the molecule is CCOc1ccc(O)c(O)c1C(C)(C)C. The summed E-state index contributed by atoms with van der Waals surface area (Å²) >= 11 is 0. The van der Waals surface area contributed by atoms with E-state index in [2.05, 4.69) is 0 Å². The first-order valence-corrected chi connectivity index (χ1v) is 5.06. The van der Waals surface area contributed by atoms with Gasteiger partial charge in [-0.25, -0.2) is 0 Å². The van der Waals surface area contributed by atoms with E-state index in [4.69, 9.17) is 4.74 Å². The highest BCUT2D eigenvalue weighted by Crippen LogP contribution is 2.43. The maximum atomic E-state index is 9.81. The van der Waals surface area contributed by atoms with Gasteiger partial charge in [-0.2, -0.15) is 0 Å². The minimum absolute atomic E-state index is 0.0894. The summed E-state index contributed by atoms with van der Waals surface area (Å²) in [6, 6.07) is 3.12. The molecule has 3 nitrogen and oxygen atoms in total. The Morgan fingerprint density at radius 1 is 1.20 bits per heavy atom. The topological polar surface area (TPSA) is 49.7 Å². The Hall–Kier alpha value is -1.38. The third-order valence-electron chi connectivity index (χ3n) is 2.17. The molecule has 0 radical (unpaired) electrons. The lowest BCUT2D eigenvalue weighted by atomic mass is 9.85. The molecule has 3 heteroatoms. The predicted octanol–water partition coefficient (Wildman–Crippen LogP) is 2.79. The molecule has 2 N–H and O–H groups in total. The van der Waals surface area contributed by atoms with Crippen LogP contribution in [0.25, 0.3) is 0 Å². The number of ether oxygens (including phenoxy) is 1. The van der Waals surface area contributed by atoms with Gasteiger partial charge in [0.15, 0.2) is 11.5 Å². The van der Waals surface area contributed by atoms with Gasteiger partial charge in [-0.1, -0.05) is 20.8 Å². The molecule has 0 saturated heterocycles. The van der Waals surface area contributed by atoms with Crippen LogP contribution < -0.4 is 4.74 Å². The van der Waals surface area contributed by atoms with Crippen LogP contribution in [-0.2, 0) is 5.41 Å². The molecule has 0 spiro atoms. The van der Waals surface area contributed by atoms with Gasteiger partial charge in [-0.05, 0) is 24.5 Å². The van der Waals surface area contributed by atoms with Crippen LogP contribution in [0, 0.1) is 0 Å². The quantitative estimate of drug-likeness (QED) is 0.738. The summed E-state index contributed by atoms with van der Waals surface area (Å²) < 4.78 is 5.43. The third kappa shape index (κ3) is 2.35. The zero-order valence-electron chi connectivity index (χ0n) is 9.66. The van der Waals surface area contributed by atoms with Crippen LogP contribution in [0.3, 0.4) is 0 Å². The lowest BCUT2D eigenvalue weighted by Gasteiger charge is -2.24. The van der Waals surface area contributed by atoms with E-state index in [1.165, 1.54) is 6.07 Å². The Balaban J connectivity index is 3.35. The summed E-state index contributed by atoms with van der Waals surface area (Å²) in [5.74, 6) is 0.428. The Bertz CT molecular complexity index is 351. The van der Waals surface area contributed by atoms with E-state index < -0.39 is 0 Å². The Kier molecular flexibility index (Phi) is 3.12. The second-order valence-corrected chi connectivity index (χ2v) is 4.49. The van der Waals surface area contributed by atoms with Crippen molar-refractivity contribution in [3.05, 3.63) is 17.7 Å². The number of hydrogen-bond acceptors (Lipinski definition) is 3. The van der Waals surface area contributed by atoms with Crippen LogP contribution in [0.1, 0.15) is 33.3 Å². The number of benzene rings is 1. The van der Waals surface area contributed by atoms with Crippen LogP contribution >= 0.6 is 0 Å². The number of phenolic OH excluding ortho intramolecular Hbond substituents is 2. The van der Waals surface area contributed by atoms with Crippen molar-refractivity contribution in [2.24, 2.45) is 0 Å². The molecule has 0 heterocycles. The third-order valence-corrected chi connectivity index (χ3v) is 2.17. The minimum Gasteiger partial charge on any atom is -0.504 e. The molecular formula is C12H18O3. The Labute approximate surface area is 90.3 Å². The van der Waals surface area contributed by atoms with Crippen LogP contribution in [0.2, 0.25) is 0 Å². The molecule has 1 rings (SSSR count). The highest BCUT2D eigenvalue weighted by molar-refractivity contribution is 5.55. The fourth-order valence-corrected chi connectivity index (χ4v) is 1.56. The number of phenols is 2. The molecule has 0 aliphatic rings. The summed E-state index contributed by atoms with van der Waals surface area (Å²) in [5.41, 5.74) is 0.372. The van der Waals surface area contributed by atoms with E-state index in [0.29, 0.717) is 17.9 Å². The van der Waals surface area contributed by atoms with Crippen molar-refractivity contribution in [3.63, 3.8) is 0 Å². The lowest BCUT2D eigenvalue weighted by molar-refractivity contribution is 0.319. The molecule has 15 heavy (non-hydrogen) atoms. The monoisotopic (exact) mass is 210 g/mol. The molecule has 0 aromatic heterocycles. The van der Waals surface area contributed by atoms with E-state index in [-0.39, 0.29) is 16.9 Å². The van der Waals surface area contributed by atoms with Crippen LogP contribution in [0.5, 0.6) is 17.2 Å². The van der Waals surface area contributed by atoms with Crippen molar-refractivity contribution >= 4 is 0 Å². The molecule has 84 valence electrons. The first kappa shape index (κ1) is 11.7. The van der Waals surface area contributed by atoms with Gasteiger partial charge in [0.05, 0.1) is 6.61 Å². The Morgan fingerprint density at radius 2 is 1.80 bits per heavy atom. The second-order valence-electron chi connectivity index (χ2n) is 4.49. The summed E-state index contributed by atoms with van der Waals surface area (Å²) in [6.07, 6.45) is 0. The lowest BCUT2D eigenvalue weighted by Crippen LogP contribution is -2.13. The fourth-order valence-electron chi connectivity index (χ4n) is 1.56. The standard InChI is InChI=1S/C12H18O3/c1-5-15-9-7-6-8(13)11(14)10(9)12(2,3)4/h6-7,13-14H,5H2,1-4H3. The first-order chi connectivity index (χ1) is 6.88. The normalized spacial score (nSPS) is 11.5. The molecule has 0 saturated carbocycles. The smallest absolute Gasteiger partial charge is 0.164 e. The highest BCUT2D eigenvalue weighted by Gasteiger charge is 2.25. The molecule has 0 aliphatic heterocycles. The average molecular weight is 210 g/mol. The van der Waals surface area contributed by atoms with Crippen molar-refractivity contribution in [3.8, 4) is 17.2 Å². The molecule has 0 amide bonds. The van der Waals surface area contributed by atoms with Crippen LogP contribution in [-0.4, -0.2) is 16.8 Å². The predicted molar refractivity (Wildman–Crippen MR) is 59.6 cm³/mol. The fraction of sp³-hybridized carbons (Fsp3) is 0.500. The molecule has 0 bridgehead atoms. The molecule has 1 aromatic rings. The van der Waals surface area contributed by atoms with Crippen molar-refractivity contribution in [2.75, 3.05) is 6.61 Å². The molecule has 0 fully saturated rings. The Morgan fingerprint density at radius 3 is 2.27 bits per heavy atom. The van der Waals surface area contributed by atoms with Gasteiger partial charge in [0.2, 0.25) is 0 Å². The number of rotatable bonds is 2. The summed E-state index contributed by atoms with van der Waals surface area (Å²) in [5, 5.41) is 19.3. The van der Waals surface area contributed by atoms with Gasteiger partial charge in [-0.15, -0.1) is 0 Å². The maximum absolute atomic E-state index is 9.81. The second kappa shape index (κ2) is 4.01. The average Bonchev–Trinajstić information content (AvgIpc) is 2.10. The van der Waals surface area contributed by atoms with Crippen LogP contribution in [0.15, 0.2) is 12.1 Å². The van der Waals surface area contributed by atoms with Gasteiger partial charge >= 0.3 is 0 Å². The van der Waals surface area contributed by atoms with E-state index >= 15 is 0 Å². The zero-order chi connectivity index (χ0) is 11.6. The van der Waals surface area contributed by atoms with Crippen LogP contribution in [0.4, 0.5) is 0 Å². The van der Waals surface area contributed by atoms with Gasteiger partial charge in [0.25, 0.3) is 0 Å². The zero-order valence-corrected chi connectivity index (χ0v) is 9.66. The van der Waals surface area contributed by atoms with E-state index in [1.54, 1.807) is 6.07 Å². The largest absolute Gasteiger partial charge is 0.504 e. The van der Waals surface area contributed by atoms with Crippen molar-refractivity contribution in [1.82, 2.24) is 0 Å². The van der Waals surface area contributed by atoms with E-state index in [1.807, 2.05) is 27.7 Å². The van der Waals surface area contributed by atoms with Gasteiger partial charge in [0.1, 0.15) is 5.75 Å². The molecule has 1 aromatic carbocycles.